The number of nitrogens with zero attached hydrogens (tertiary/aromatic N) is 1. The maximum Gasteiger partial charge on any atom is 0.137 e. The van der Waals surface area contributed by atoms with E-state index in [4.69, 9.17) is 10.00 Å². The standard InChI is InChI=1S/C15H19NOSi/c1-12(2)17-15-7-6-13(10-14(15)11-16)8-9-18(3,4)5/h6-7,10,12H,1-5H3. The average Bonchev–Trinajstić information content (AvgIpc) is 2.26. The van der Waals surface area contributed by atoms with Crippen LogP contribution in [0.1, 0.15) is 25.0 Å². The molecule has 0 saturated heterocycles. The van der Waals surface area contributed by atoms with E-state index in [1.807, 2.05) is 26.0 Å². The lowest BCUT2D eigenvalue weighted by Gasteiger charge is -2.11. The molecule has 1 rings (SSSR count). The van der Waals surface area contributed by atoms with Gasteiger partial charge in [-0.2, -0.15) is 5.26 Å². The summed E-state index contributed by atoms with van der Waals surface area (Å²) < 4.78 is 5.57. The van der Waals surface area contributed by atoms with E-state index in [0.717, 1.165) is 5.56 Å². The highest BCUT2D eigenvalue weighted by molar-refractivity contribution is 6.83. The van der Waals surface area contributed by atoms with Crippen molar-refractivity contribution in [2.45, 2.75) is 39.6 Å². The van der Waals surface area contributed by atoms with E-state index in [1.54, 1.807) is 6.07 Å². The summed E-state index contributed by atoms with van der Waals surface area (Å²) in [7, 11) is -1.38. The van der Waals surface area contributed by atoms with Crippen LogP contribution < -0.4 is 4.74 Å². The molecule has 0 amide bonds. The van der Waals surface area contributed by atoms with Gasteiger partial charge in [0.15, 0.2) is 0 Å². The van der Waals surface area contributed by atoms with Crippen molar-refractivity contribution in [2.24, 2.45) is 0 Å². The average molecular weight is 257 g/mol. The molecule has 0 atom stereocenters. The van der Waals surface area contributed by atoms with Crippen molar-refractivity contribution in [3.63, 3.8) is 0 Å². The highest BCUT2D eigenvalue weighted by Crippen LogP contribution is 2.20. The molecule has 0 radical (unpaired) electrons. The molecule has 0 N–H and O–H groups in total. The molecule has 0 fully saturated rings. The summed E-state index contributed by atoms with van der Waals surface area (Å²) in [6, 6.07) is 7.69. The van der Waals surface area contributed by atoms with Crippen LogP contribution >= 0.6 is 0 Å². The van der Waals surface area contributed by atoms with Crippen LogP contribution in [0.15, 0.2) is 18.2 Å². The van der Waals surface area contributed by atoms with Gasteiger partial charge in [0.25, 0.3) is 0 Å². The second-order valence-electron chi connectivity index (χ2n) is 5.49. The maximum absolute atomic E-state index is 9.11. The van der Waals surface area contributed by atoms with Crippen LogP contribution in [0.5, 0.6) is 5.75 Å². The molecule has 0 aliphatic carbocycles. The predicted octanol–water partition coefficient (Wildman–Crippen LogP) is 3.57. The lowest BCUT2D eigenvalue weighted by Crippen LogP contribution is -2.16. The Labute approximate surface area is 111 Å². The molecule has 94 valence electrons. The first kappa shape index (κ1) is 14.3. The van der Waals surface area contributed by atoms with Crippen LogP contribution in [0.4, 0.5) is 0 Å². The van der Waals surface area contributed by atoms with Gasteiger partial charge in [-0.1, -0.05) is 25.6 Å². The third-order valence-electron chi connectivity index (χ3n) is 2.04. The van der Waals surface area contributed by atoms with Crippen molar-refractivity contribution in [3.05, 3.63) is 29.3 Å². The van der Waals surface area contributed by atoms with Crippen molar-refractivity contribution in [2.75, 3.05) is 0 Å². The lowest BCUT2D eigenvalue weighted by molar-refractivity contribution is 0.241. The van der Waals surface area contributed by atoms with E-state index in [9.17, 15) is 0 Å². The fourth-order valence-electron chi connectivity index (χ4n) is 1.31. The second-order valence-corrected chi connectivity index (χ2v) is 10.2. The Morgan fingerprint density at radius 2 is 1.89 bits per heavy atom. The van der Waals surface area contributed by atoms with Gasteiger partial charge >= 0.3 is 0 Å². The molecule has 18 heavy (non-hydrogen) atoms. The molecule has 0 spiro atoms. The molecule has 0 bridgehead atoms. The third kappa shape index (κ3) is 4.65. The monoisotopic (exact) mass is 257 g/mol. The number of nitriles is 1. The van der Waals surface area contributed by atoms with E-state index in [0.29, 0.717) is 11.3 Å². The fourth-order valence-corrected chi connectivity index (χ4v) is 1.83. The molecule has 0 unspecified atom stereocenters. The summed E-state index contributed by atoms with van der Waals surface area (Å²) in [5, 5.41) is 9.11. The summed E-state index contributed by atoms with van der Waals surface area (Å²) in [4.78, 5) is 0. The second kappa shape index (κ2) is 5.75. The van der Waals surface area contributed by atoms with E-state index >= 15 is 0 Å². The smallest absolute Gasteiger partial charge is 0.137 e. The summed E-state index contributed by atoms with van der Waals surface area (Å²) in [5.74, 6) is 3.78. The quantitative estimate of drug-likeness (QED) is 0.599. The number of hydrogen-bond acceptors (Lipinski definition) is 2. The van der Waals surface area contributed by atoms with E-state index in [1.165, 1.54) is 0 Å². The zero-order chi connectivity index (χ0) is 13.8. The molecule has 0 heterocycles. The van der Waals surface area contributed by atoms with E-state index in [-0.39, 0.29) is 6.10 Å². The Morgan fingerprint density at radius 1 is 1.22 bits per heavy atom. The normalized spacial score (nSPS) is 10.5. The van der Waals surface area contributed by atoms with Crippen LogP contribution in [0.3, 0.4) is 0 Å². The van der Waals surface area contributed by atoms with Crippen LogP contribution in [0.25, 0.3) is 0 Å². The molecule has 0 aromatic heterocycles. The van der Waals surface area contributed by atoms with Gasteiger partial charge in [0.1, 0.15) is 19.9 Å². The van der Waals surface area contributed by atoms with Crippen molar-refractivity contribution in [3.8, 4) is 23.3 Å². The van der Waals surface area contributed by atoms with Crippen LogP contribution in [0.2, 0.25) is 19.6 Å². The van der Waals surface area contributed by atoms with E-state index in [2.05, 4.69) is 37.2 Å². The van der Waals surface area contributed by atoms with Gasteiger partial charge in [0, 0.05) is 5.56 Å². The molecule has 1 aromatic carbocycles. The molecular formula is C15H19NOSi. The third-order valence-corrected chi connectivity index (χ3v) is 2.92. The zero-order valence-electron chi connectivity index (χ0n) is 11.7. The van der Waals surface area contributed by atoms with Gasteiger partial charge in [-0.05, 0) is 32.0 Å². The first-order valence-corrected chi connectivity index (χ1v) is 9.56. The zero-order valence-corrected chi connectivity index (χ0v) is 12.7. The minimum absolute atomic E-state index is 0.0658. The predicted molar refractivity (Wildman–Crippen MR) is 77.1 cm³/mol. The van der Waals surface area contributed by atoms with Gasteiger partial charge in [-0.3, -0.25) is 0 Å². The number of rotatable bonds is 2. The van der Waals surface area contributed by atoms with Gasteiger partial charge in [-0.15, -0.1) is 5.54 Å². The largest absolute Gasteiger partial charge is 0.490 e. The molecule has 2 nitrogen and oxygen atoms in total. The number of benzene rings is 1. The van der Waals surface area contributed by atoms with Crippen LogP contribution in [-0.2, 0) is 0 Å². The molecule has 0 saturated carbocycles. The summed E-state index contributed by atoms with van der Waals surface area (Å²) in [5.41, 5.74) is 4.72. The van der Waals surface area contributed by atoms with Crippen molar-refractivity contribution < 1.29 is 4.74 Å². The lowest BCUT2D eigenvalue weighted by atomic mass is 10.1. The minimum atomic E-state index is -1.38. The SMILES string of the molecule is CC(C)Oc1ccc(C#C[Si](C)(C)C)cc1C#N. The van der Waals surface area contributed by atoms with Crippen LogP contribution in [-0.4, -0.2) is 14.2 Å². The Hall–Kier alpha value is -1.71. The summed E-state index contributed by atoms with van der Waals surface area (Å²) >= 11 is 0. The van der Waals surface area contributed by atoms with Crippen LogP contribution in [0, 0.1) is 22.8 Å². The highest BCUT2D eigenvalue weighted by atomic mass is 28.3. The van der Waals surface area contributed by atoms with Crippen molar-refractivity contribution in [1.82, 2.24) is 0 Å². The fraction of sp³-hybridized carbons (Fsp3) is 0.400. The number of ether oxygens (including phenoxy) is 1. The molecule has 1 aromatic rings. The Balaban J connectivity index is 3.06. The topological polar surface area (TPSA) is 33.0 Å². The van der Waals surface area contributed by atoms with Crippen molar-refractivity contribution in [1.29, 1.82) is 5.26 Å². The first-order chi connectivity index (χ1) is 8.31. The van der Waals surface area contributed by atoms with E-state index < -0.39 is 8.07 Å². The first-order valence-electron chi connectivity index (χ1n) is 6.06. The summed E-state index contributed by atoms with van der Waals surface area (Å²) in [6.07, 6.45) is 0.0658. The van der Waals surface area contributed by atoms with Crippen molar-refractivity contribution >= 4 is 8.07 Å². The van der Waals surface area contributed by atoms with Gasteiger partial charge < -0.3 is 4.74 Å². The van der Waals surface area contributed by atoms with Gasteiger partial charge in [0.2, 0.25) is 0 Å². The van der Waals surface area contributed by atoms with Gasteiger partial charge in [0.05, 0.1) is 11.7 Å². The van der Waals surface area contributed by atoms with Gasteiger partial charge in [-0.25, -0.2) is 0 Å². The number of hydrogen-bond donors (Lipinski definition) is 0. The highest BCUT2D eigenvalue weighted by Gasteiger charge is 2.09. The Morgan fingerprint density at radius 3 is 2.39 bits per heavy atom. The summed E-state index contributed by atoms with van der Waals surface area (Å²) in [6.45, 7) is 10.5. The molecule has 0 aliphatic rings. The molecule has 3 heteroatoms. The maximum atomic E-state index is 9.11. The molecule has 0 aliphatic heterocycles. The molecular weight excluding hydrogens is 238 g/mol. The Bertz CT molecular complexity index is 524. The Kier molecular flexibility index (Phi) is 4.59. The minimum Gasteiger partial charge on any atom is -0.490 e.